The number of methoxy groups -OCH3 is 1. The van der Waals surface area contributed by atoms with Crippen LogP contribution in [0.1, 0.15) is 37.8 Å². The normalized spacial score (nSPS) is 18.5. The topological polar surface area (TPSA) is 29.5 Å². The minimum Gasteiger partial charge on any atom is -0.390 e. The summed E-state index contributed by atoms with van der Waals surface area (Å²) in [4.78, 5) is 0. The zero-order valence-corrected chi connectivity index (χ0v) is 10.3. The van der Waals surface area contributed by atoms with Crippen molar-refractivity contribution >= 4 is 0 Å². The quantitative estimate of drug-likeness (QED) is 0.845. The Morgan fingerprint density at radius 1 is 1.31 bits per heavy atom. The van der Waals surface area contributed by atoms with E-state index in [1.165, 1.54) is 11.1 Å². The minimum atomic E-state index is -0.445. The van der Waals surface area contributed by atoms with Gasteiger partial charge in [-0.1, -0.05) is 24.3 Å². The van der Waals surface area contributed by atoms with Gasteiger partial charge in [0.1, 0.15) is 0 Å². The Bertz CT molecular complexity index is 378. The second-order valence-electron chi connectivity index (χ2n) is 5.27. The summed E-state index contributed by atoms with van der Waals surface area (Å²) in [5, 5.41) is 10.0. The van der Waals surface area contributed by atoms with Gasteiger partial charge in [-0.2, -0.15) is 0 Å². The second-order valence-corrected chi connectivity index (χ2v) is 5.27. The van der Waals surface area contributed by atoms with Crippen molar-refractivity contribution < 1.29 is 9.84 Å². The fraction of sp³-hybridized carbons (Fsp3) is 0.571. The van der Waals surface area contributed by atoms with Gasteiger partial charge in [0.15, 0.2) is 0 Å². The molecule has 2 heteroatoms. The van der Waals surface area contributed by atoms with Crippen molar-refractivity contribution in [3.63, 3.8) is 0 Å². The molecule has 0 atom stereocenters. The highest BCUT2D eigenvalue weighted by Gasteiger charge is 2.41. The van der Waals surface area contributed by atoms with Gasteiger partial charge in [0.25, 0.3) is 0 Å². The van der Waals surface area contributed by atoms with Crippen LogP contribution in [0.25, 0.3) is 0 Å². The molecule has 1 saturated carbocycles. The van der Waals surface area contributed by atoms with E-state index >= 15 is 0 Å². The van der Waals surface area contributed by atoms with E-state index in [2.05, 4.69) is 26.0 Å². The van der Waals surface area contributed by atoms with E-state index in [1.54, 1.807) is 7.11 Å². The van der Waals surface area contributed by atoms with Crippen LogP contribution in [0.2, 0.25) is 0 Å². The Morgan fingerprint density at radius 3 is 2.50 bits per heavy atom. The zero-order chi connectivity index (χ0) is 11.8. The monoisotopic (exact) mass is 220 g/mol. The smallest absolute Gasteiger partial charge is 0.0874 e. The van der Waals surface area contributed by atoms with Gasteiger partial charge in [-0.05, 0) is 37.8 Å². The van der Waals surface area contributed by atoms with Gasteiger partial charge in [0.2, 0.25) is 0 Å². The molecule has 0 heterocycles. The van der Waals surface area contributed by atoms with Crippen molar-refractivity contribution in [2.24, 2.45) is 0 Å². The SMILES string of the molecule is COC(C)(C)c1ccccc1CC1(O)CC1. The molecule has 1 aromatic carbocycles. The van der Waals surface area contributed by atoms with Crippen molar-refractivity contribution in [2.45, 2.75) is 44.3 Å². The molecule has 2 nitrogen and oxygen atoms in total. The first kappa shape index (κ1) is 11.6. The molecule has 0 saturated heterocycles. The average Bonchev–Trinajstić information content (AvgIpc) is 2.97. The van der Waals surface area contributed by atoms with Crippen molar-refractivity contribution in [2.75, 3.05) is 7.11 Å². The maximum absolute atomic E-state index is 10.0. The first-order chi connectivity index (χ1) is 7.47. The van der Waals surface area contributed by atoms with Crippen molar-refractivity contribution in [1.82, 2.24) is 0 Å². The molecular formula is C14H20O2. The fourth-order valence-corrected chi connectivity index (χ4v) is 2.05. The van der Waals surface area contributed by atoms with Crippen LogP contribution in [0.5, 0.6) is 0 Å². The van der Waals surface area contributed by atoms with Crippen LogP contribution in [0.4, 0.5) is 0 Å². The van der Waals surface area contributed by atoms with Gasteiger partial charge < -0.3 is 9.84 Å². The molecule has 0 amide bonds. The molecule has 1 aliphatic rings. The highest BCUT2D eigenvalue weighted by molar-refractivity contribution is 5.33. The molecule has 0 unspecified atom stereocenters. The number of benzene rings is 1. The number of hydrogen-bond donors (Lipinski definition) is 1. The summed E-state index contributed by atoms with van der Waals surface area (Å²) in [5.74, 6) is 0. The lowest BCUT2D eigenvalue weighted by Gasteiger charge is -2.27. The summed E-state index contributed by atoms with van der Waals surface area (Å²) < 4.78 is 5.52. The first-order valence-electron chi connectivity index (χ1n) is 5.83. The molecule has 1 N–H and O–H groups in total. The Morgan fingerprint density at radius 2 is 1.94 bits per heavy atom. The summed E-state index contributed by atoms with van der Waals surface area (Å²) in [6.45, 7) is 4.12. The molecule has 1 fully saturated rings. The first-order valence-corrected chi connectivity index (χ1v) is 5.83. The fourth-order valence-electron chi connectivity index (χ4n) is 2.05. The van der Waals surface area contributed by atoms with Gasteiger partial charge in [0.05, 0.1) is 11.2 Å². The van der Waals surface area contributed by atoms with Crippen LogP contribution in [0.15, 0.2) is 24.3 Å². The number of hydrogen-bond acceptors (Lipinski definition) is 2. The van der Waals surface area contributed by atoms with E-state index in [0.717, 1.165) is 19.3 Å². The average molecular weight is 220 g/mol. The molecule has 1 aliphatic carbocycles. The molecular weight excluding hydrogens is 200 g/mol. The predicted molar refractivity (Wildman–Crippen MR) is 64.4 cm³/mol. The molecule has 2 rings (SSSR count). The van der Waals surface area contributed by atoms with E-state index in [9.17, 15) is 5.11 Å². The number of ether oxygens (including phenoxy) is 1. The largest absolute Gasteiger partial charge is 0.390 e. The van der Waals surface area contributed by atoms with Crippen LogP contribution in [-0.2, 0) is 16.8 Å². The summed E-state index contributed by atoms with van der Waals surface area (Å²) in [5.41, 5.74) is 1.65. The van der Waals surface area contributed by atoms with E-state index in [4.69, 9.17) is 4.74 Å². The van der Waals surface area contributed by atoms with Crippen LogP contribution in [0.3, 0.4) is 0 Å². The molecule has 0 spiro atoms. The highest BCUT2D eigenvalue weighted by atomic mass is 16.5. The molecule has 0 aliphatic heterocycles. The van der Waals surface area contributed by atoms with E-state index in [-0.39, 0.29) is 5.60 Å². The van der Waals surface area contributed by atoms with E-state index < -0.39 is 5.60 Å². The number of aliphatic hydroxyl groups is 1. The molecule has 0 radical (unpaired) electrons. The second kappa shape index (κ2) is 3.86. The Hall–Kier alpha value is -0.860. The minimum absolute atomic E-state index is 0.290. The lowest BCUT2D eigenvalue weighted by atomic mass is 9.90. The maximum Gasteiger partial charge on any atom is 0.0874 e. The summed E-state index contributed by atoms with van der Waals surface area (Å²) in [7, 11) is 1.72. The Balaban J connectivity index is 2.30. The third-order valence-corrected chi connectivity index (χ3v) is 3.52. The zero-order valence-electron chi connectivity index (χ0n) is 10.3. The number of rotatable bonds is 4. The Kier molecular flexibility index (Phi) is 2.81. The third-order valence-electron chi connectivity index (χ3n) is 3.52. The van der Waals surface area contributed by atoms with Crippen molar-refractivity contribution in [1.29, 1.82) is 0 Å². The molecule has 88 valence electrons. The lowest BCUT2D eigenvalue weighted by Crippen LogP contribution is -2.23. The molecule has 1 aromatic rings. The van der Waals surface area contributed by atoms with E-state index in [0.29, 0.717) is 0 Å². The summed E-state index contributed by atoms with van der Waals surface area (Å²) in [6, 6.07) is 8.23. The molecule has 0 bridgehead atoms. The molecule has 16 heavy (non-hydrogen) atoms. The van der Waals surface area contributed by atoms with Gasteiger partial charge in [-0.25, -0.2) is 0 Å². The van der Waals surface area contributed by atoms with Crippen LogP contribution in [-0.4, -0.2) is 17.8 Å². The predicted octanol–water partition coefficient (Wildman–Crippen LogP) is 2.64. The summed E-state index contributed by atoms with van der Waals surface area (Å²) in [6.07, 6.45) is 2.60. The van der Waals surface area contributed by atoms with Gasteiger partial charge in [-0.15, -0.1) is 0 Å². The van der Waals surface area contributed by atoms with Crippen LogP contribution >= 0.6 is 0 Å². The Labute approximate surface area is 97.3 Å². The maximum atomic E-state index is 10.0. The third kappa shape index (κ3) is 2.28. The van der Waals surface area contributed by atoms with Crippen LogP contribution < -0.4 is 0 Å². The van der Waals surface area contributed by atoms with Crippen molar-refractivity contribution in [3.8, 4) is 0 Å². The standard InChI is InChI=1S/C14H20O2/c1-13(2,16-3)12-7-5-4-6-11(12)10-14(15)8-9-14/h4-7,15H,8-10H2,1-3H3. The van der Waals surface area contributed by atoms with Gasteiger partial charge in [0, 0.05) is 13.5 Å². The summed E-state index contributed by atoms with van der Waals surface area (Å²) >= 11 is 0. The highest BCUT2D eigenvalue weighted by Crippen LogP contribution is 2.40. The van der Waals surface area contributed by atoms with E-state index in [1.807, 2.05) is 12.1 Å². The van der Waals surface area contributed by atoms with Crippen molar-refractivity contribution in [3.05, 3.63) is 35.4 Å². The van der Waals surface area contributed by atoms with Crippen LogP contribution in [0, 0.1) is 0 Å². The van der Waals surface area contributed by atoms with Gasteiger partial charge in [-0.3, -0.25) is 0 Å². The van der Waals surface area contributed by atoms with Gasteiger partial charge >= 0.3 is 0 Å². The molecule has 0 aromatic heterocycles. The lowest BCUT2D eigenvalue weighted by molar-refractivity contribution is 0.0179.